The fraction of sp³-hybridized carbons (Fsp3) is 0.571. The summed E-state index contributed by atoms with van der Waals surface area (Å²) in [6.07, 6.45) is 1.63. The number of fused-ring (bicyclic) bond motifs is 1. The van der Waals surface area contributed by atoms with Crippen LogP contribution in [0.4, 0.5) is 4.79 Å². The lowest BCUT2D eigenvalue weighted by atomic mass is 9.92. The van der Waals surface area contributed by atoms with Crippen molar-refractivity contribution in [3.8, 4) is 0 Å². The fourth-order valence-corrected chi connectivity index (χ4v) is 3.31. The molecule has 0 bridgehead atoms. The van der Waals surface area contributed by atoms with E-state index in [2.05, 4.69) is 5.32 Å². The zero-order valence-corrected chi connectivity index (χ0v) is 17.3. The van der Waals surface area contributed by atoms with Gasteiger partial charge in [0.25, 0.3) is 0 Å². The largest absolute Gasteiger partial charge is 0.462 e. The van der Waals surface area contributed by atoms with Crippen molar-refractivity contribution in [1.29, 1.82) is 0 Å². The number of hydrogen-bond acceptors (Lipinski definition) is 6. The van der Waals surface area contributed by atoms with Crippen LogP contribution in [-0.2, 0) is 33.6 Å². The Morgan fingerprint density at radius 3 is 2.21 bits per heavy atom. The molecule has 7 nitrogen and oxygen atoms in total. The van der Waals surface area contributed by atoms with E-state index in [0.717, 1.165) is 17.5 Å². The highest BCUT2D eigenvalue weighted by molar-refractivity contribution is 5.98. The molecule has 1 aliphatic rings. The molecule has 0 spiro atoms. The molecule has 154 valence electrons. The number of amides is 1. The van der Waals surface area contributed by atoms with E-state index in [1.54, 1.807) is 40.7 Å². The molecule has 0 unspecified atom stereocenters. The van der Waals surface area contributed by atoms with Crippen molar-refractivity contribution >= 4 is 18.0 Å². The first kappa shape index (κ1) is 21.7. The molecule has 0 atom stereocenters. The minimum absolute atomic E-state index is 0.0444. The highest BCUT2D eigenvalue weighted by Crippen LogP contribution is 2.32. The van der Waals surface area contributed by atoms with E-state index < -0.39 is 23.6 Å². The van der Waals surface area contributed by atoms with Crippen LogP contribution in [-0.4, -0.2) is 36.8 Å². The number of hydrogen-bond donors (Lipinski definition) is 1. The number of alkyl carbamates (subject to hydrolysis) is 1. The first-order valence-electron chi connectivity index (χ1n) is 9.66. The third-order valence-electron chi connectivity index (χ3n) is 4.28. The molecular formula is C21H29NO6. The van der Waals surface area contributed by atoms with Gasteiger partial charge in [0.2, 0.25) is 0 Å². The molecule has 1 aromatic carbocycles. The van der Waals surface area contributed by atoms with Crippen molar-refractivity contribution in [2.75, 3.05) is 13.2 Å². The van der Waals surface area contributed by atoms with Crippen LogP contribution >= 0.6 is 0 Å². The Morgan fingerprint density at radius 1 is 1.00 bits per heavy atom. The smallest absolute Gasteiger partial charge is 0.407 e. The minimum Gasteiger partial charge on any atom is -0.462 e. The molecule has 1 aliphatic carbocycles. The summed E-state index contributed by atoms with van der Waals surface area (Å²) in [5.41, 5.74) is 2.41. The van der Waals surface area contributed by atoms with Crippen LogP contribution in [0, 0.1) is 0 Å². The van der Waals surface area contributed by atoms with E-state index in [9.17, 15) is 14.4 Å². The van der Waals surface area contributed by atoms with Crippen LogP contribution in [0.5, 0.6) is 0 Å². The van der Waals surface area contributed by atoms with E-state index >= 15 is 0 Å². The van der Waals surface area contributed by atoms with Gasteiger partial charge in [0, 0.05) is 6.54 Å². The first-order chi connectivity index (χ1) is 13.2. The zero-order chi connectivity index (χ0) is 20.9. The van der Waals surface area contributed by atoms with Gasteiger partial charge in [-0.15, -0.1) is 0 Å². The summed E-state index contributed by atoms with van der Waals surface area (Å²) < 4.78 is 15.7. The maximum absolute atomic E-state index is 12.6. The molecule has 7 heteroatoms. The van der Waals surface area contributed by atoms with Gasteiger partial charge in [0.15, 0.2) is 0 Å². The van der Waals surface area contributed by atoms with Gasteiger partial charge in [-0.3, -0.25) is 0 Å². The van der Waals surface area contributed by atoms with Crippen molar-refractivity contribution in [3.05, 3.63) is 33.9 Å². The molecule has 0 aromatic heterocycles. The second-order valence-electron chi connectivity index (χ2n) is 7.57. The third-order valence-corrected chi connectivity index (χ3v) is 4.28. The average molecular weight is 391 g/mol. The number of carbonyl (C=O) groups excluding carboxylic acids is 3. The molecule has 0 fully saturated rings. The van der Waals surface area contributed by atoms with Crippen LogP contribution in [0.3, 0.4) is 0 Å². The average Bonchev–Trinajstić information content (AvgIpc) is 3.06. The first-order valence-corrected chi connectivity index (χ1v) is 9.66. The zero-order valence-electron chi connectivity index (χ0n) is 17.3. The number of benzene rings is 1. The topological polar surface area (TPSA) is 90.9 Å². The second-order valence-corrected chi connectivity index (χ2v) is 7.57. The Labute approximate surface area is 165 Å². The van der Waals surface area contributed by atoms with E-state index in [0.29, 0.717) is 29.5 Å². The van der Waals surface area contributed by atoms with Crippen molar-refractivity contribution in [1.82, 2.24) is 5.32 Å². The monoisotopic (exact) mass is 391 g/mol. The molecule has 1 amide bonds. The molecule has 0 aliphatic heterocycles. The number of ether oxygens (including phenoxy) is 3. The van der Waals surface area contributed by atoms with Gasteiger partial charge in [-0.1, -0.05) is 0 Å². The lowest BCUT2D eigenvalue weighted by Crippen LogP contribution is -2.32. The van der Waals surface area contributed by atoms with Crippen molar-refractivity contribution in [2.24, 2.45) is 0 Å². The van der Waals surface area contributed by atoms with E-state index in [-0.39, 0.29) is 19.8 Å². The highest BCUT2D eigenvalue weighted by Gasteiger charge is 2.29. The Hall–Kier alpha value is -2.57. The predicted octanol–water partition coefficient (Wildman–Crippen LogP) is 3.55. The van der Waals surface area contributed by atoms with Gasteiger partial charge in [0.05, 0.1) is 24.3 Å². The van der Waals surface area contributed by atoms with Crippen LogP contribution < -0.4 is 5.32 Å². The van der Waals surface area contributed by atoms with Crippen LogP contribution in [0.1, 0.15) is 78.4 Å². The molecule has 1 N–H and O–H groups in total. The fourth-order valence-electron chi connectivity index (χ4n) is 3.31. The Kier molecular flexibility index (Phi) is 7.05. The SMILES string of the molecule is CCOC(=O)c1cc(CNC(=O)OC(C)(C)C)c(C(=O)OCC)c2c1CCC2. The molecule has 0 heterocycles. The number of esters is 2. The summed E-state index contributed by atoms with van der Waals surface area (Å²) in [5.74, 6) is -0.869. The second kappa shape index (κ2) is 9.08. The quantitative estimate of drug-likeness (QED) is 0.589. The molecule has 1 aromatic rings. The van der Waals surface area contributed by atoms with Crippen molar-refractivity contribution in [3.63, 3.8) is 0 Å². The van der Waals surface area contributed by atoms with Crippen LogP contribution in [0.25, 0.3) is 0 Å². The van der Waals surface area contributed by atoms with E-state index in [1.165, 1.54) is 0 Å². The van der Waals surface area contributed by atoms with Crippen LogP contribution in [0.2, 0.25) is 0 Å². The predicted molar refractivity (Wildman–Crippen MR) is 103 cm³/mol. The normalized spacial score (nSPS) is 12.9. The maximum Gasteiger partial charge on any atom is 0.407 e. The summed E-state index contributed by atoms with van der Waals surface area (Å²) in [4.78, 5) is 37.1. The summed E-state index contributed by atoms with van der Waals surface area (Å²) in [6.45, 7) is 9.34. The molecule has 28 heavy (non-hydrogen) atoms. The Morgan fingerprint density at radius 2 is 1.61 bits per heavy atom. The number of rotatable bonds is 6. The lowest BCUT2D eigenvalue weighted by Gasteiger charge is -2.21. The van der Waals surface area contributed by atoms with E-state index in [1.807, 2.05) is 0 Å². The standard InChI is InChI=1S/C21H29NO6/c1-6-26-18(23)16-11-13(12-22-20(25)28-21(3,4)5)17(19(24)27-7-2)15-10-8-9-14(15)16/h11H,6-10,12H2,1-5H3,(H,22,25). The Balaban J connectivity index is 2.42. The molecular weight excluding hydrogens is 362 g/mol. The van der Waals surface area contributed by atoms with Crippen molar-refractivity contribution in [2.45, 2.75) is 66.0 Å². The van der Waals surface area contributed by atoms with Crippen LogP contribution in [0.15, 0.2) is 6.07 Å². The molecule has 0 saturated carbocycles. The molecule has 0 saturated heterocycles. The van der Waals surface area contributed by atoms with Gasteiger partial charge in [-0.05, 0) is 76.6 Å². The summed E-state index contributed by atoms with van der Waals surface area (Å²) in [5, 5.41) is 2.66. The van der Waals surface area contributed by atoms with Crippen molar-refractivity contribution < 1.29 is 28.6 Å². The third kappa shape index (κ3) is 5.24. The van der Waals surface area contributed by atoms with Gasteiger partial charge >= 0.3 is 18.0 Å². The lowest BCUT2D eigenvalue weighted by molar-refractivity contribution is 0.0500. The number of carbonyl (C=O) groups is 3. The minimum atomic E-state index is -0.637. The summed E-state index contributed by atoms with van der Waals surface area (Å²) in [7, 11) is 0. The number of nitrogens with one attached hydrogen (secondary N) is 1. The van der Waals surface area contributed by atoms with Gasteiger partial charge in [-0.2, -0.15) is 0 Å². The maximum atomic E-state index is 12.6. The molecule has 2 rings (SSSR count). The Bertz CT molecular complexity index is 763. The van der Waals surface area contributed by atoms with Gasteiger partial charge < -0.3 is 19.5 Å². The van der Waals surface area contributed by atoms with Gasteiger partial charge in [0.1, 0.15) is 5.60 Å². The van der Waals surface area contributed by atoms with E-state index in [4.69, 9.17) is 14.2 Å². The summed E-state index contributed by atoms with van der Waals surface area (Å²) >= 11 is 0. The van der Waals surface area contributed by atoms with Gasteiger partial charge in [-0.25, -0.2) is 14.4 Å². The molecule has 0 radical (unpaired) electrons. The highest BCUT2D eigenvalue weighted by atomic mass is 16.6. The summed E-state index contributed by atoms with van der Waals surface area (Å²) in [6, 6.07) is 1.63.